The predicted molar refractivity (Wildman–Crippen MR) is 198 cm³/mol. The van der Waals surface area contributed by atoms with Gasteiger partial charge in [0.15, 0.2) is 5.78 Å². The van der Waals surface area contributed by atoms with Crippen LogP contribution >= 0.6 is 11.3 Å². The topological polar surface area (TPSA) is 91.8 Å². The molecule has 258 valence electrons. The Kier molecular flexibility index (Phi) is 8.73. The summed E-state index contributed by atoms with van der Waals surface area (Å²) in [5.74, 6) is -0.219. The van der Waals surface area contributed by atoms with E-state index in [2.05, 4.69) is 10.2 Å². The quantitative estimate of drug-likeness (QED) is 0.175. The second-order valence-corrected chi connectivity index (χ2v) is 14.8. The number of benzene rings is 3. The predicted octanol–water partition coefficient (Wildman–Crippen LogP) is 7.76. The maximum absolute atomic E-state index is 14.3. The number of hydrogen-bond donors (Lipinski definition) is 1. The number of carbonyl (C=O) groups excluding carboxylic acids is 3. The molecule has 3 aromatic carbocycles. The molecule has 1 spiro atoms. The number of ether oxygens (including phenoxy) is 1. The zero-order valence-corrected chi connectivity index (χ0v) is 29.1. The van der Waals surface area contributed by atoms with E-state index in [1.807, 2.05) is 49.4 Å². The lowest BCUT2D eigenvalue weighted by Crippen LogP contribution is -2.59. The molecule has 8 rings (SSSR count). The van der Waals surface area contributed by atoms with Crippen molar-refractivity contribution in [3.8, 4) is 10.4 Å². The van der Waals surface area contributed by atoms with Crippen LogP contribution in [0.4, 0.5) is 21.6 Å². The summed E-state index contributed by atoms with van der Waals surface area (Å²) >= 11 is 1.39. The van der Waals surface area contributed by atoms with E-state index in [9.17, 15) is 18.8 Å². The highest BCUT2D eigenvalue weighted by molar-refractivity contribution is 7.17. The van der Waals surface area contributed by atoms with E-state index in [0.29, 0.717) is 46.0 Å². The molecule has 2 saturated heterocycles. The van der Waals surface area contributed by atoms with Gasteiger partial charge in [-0.1, -0.05) is 36.4 Å². The molecule has 2 fully saturated rings. The first-order chi connectivity index (χ1) is 24.8. The molecule has 10 heteroatoms. The van der Waals surface area contributed by atoms with Crippen LogP contribution in [0.5, 0.6) is 0 Å². The highest BCUT2D eigenvalue weighted by atomic mass is 32.1. The van der Waals surface area contributed by atoms with Gasteiger partial charge in [-0.25, -0.2) is 9.37 Å². The fraction of sp³-hybridized carbons (Fsp3) is 0.268. The zero-order chi connectivity index (χ0) is 35.1. The lowest BCUT2D eigenvalue weighted by molar-refractivity contribution is -0.000519. The van der Waals surface area contributed by atoms with Gasteiger partial charge in [0, 0.05) is 72.1 Å². The second-order valence-electron chi connectivity index (χ2n) is 13.7. The minimum absolute atomic E-state index is 0.00684. The van der Waals surface area contributed by atoms with Gasteiger partial charge in [0.05, 0.1) is 16.1 Å². The fourth-order valence-electron chi connectivity index (χ4n) is 7.39. The zero-order valence-electron chi connectivity index (χ0n) is 28.3. The number of para-hydroxylation sites is 1. The minimum Gasteiger partial charge on any atom is -0.381 e. The van der Waals surface area contributed by atoms with Crippen molar-refractivity contribution in [3.05, 3.63) is 130 Å². The lowest BCUT2D eigenvalue weighted by atomic mass is 9.73. The number of ketones is 1. The van der Waals surface area contributed by atoms with Crippen LogP contribution in [0, 0.1) is 18.2 Å². The summed E-state index contributed by atoms with van der Waals surface area (Å²) in [5.41, 5.74) is 5.71. The number of thiophene rings is 1. The molecule has 0 atom stereocenters. The van der Waals surface area contributed by atoms with Crippen molar-refractivity contribution in [2.45, 2.75) is 32.6 Å². The highest BCUT2D eigenvalue weighted by Gasteiger charge is 2.45. The molecule has 5 aromatic rings. The number of rotatable bonds is 7. The summed E-state index contributed by atoms with van der Waals surface area (Å²) in [7, 11) is 0. The molecular weight excluding hydrogens is 664 g/mol. The van der Waals surface area contributed by atoms with Crippen LogP contribution in [0.2, 0.25) is 0 Å². The number of hydrogen-bond acceptors (Lipinski definition) is 7. The number of Topliss-reactive ketones (excluding diaryl/α,β-unsaturated/α-hetero) is 1. The Morgan fingerprint density at radius 3 is 2.47 bits per heavy atom. The first-order valence-corrected chi connectivity index (χ1v) is 18.1. The van der Waals surface area contributed by atoms with Gasteiger partial charge in [0.25, 0.3) is 11.8 Å². The first kappa shape index (κ1) is 33.0. The van der Waals surface area contributed by atoms with Crippen LogP contribution in [-0.4, -0.2) is 55.4 Å². The molecule has 0 unspecified atom stereocenters. The third-order valence-corrected chi connectivity index (χ3v) is 11.5. The van der Waals surface area contributed by atoms with Crippen molar-refractivity contribution < 1.29 is 23.5 Å². The van der Waals surface area contributed by atoms with E-state index in [4.69, 9.17) is 9.72 Å². The van der Waals surface area contributed by atoms with Gasteiger partial charge in [-0.05, 0) is 91.9 Å². The third-order valence-electron chi connectivity index (χ3n) is 10.2. The molecule has 0 radical (unpaired) electrons. The maximum atomic E-state index is 14.3. The molecule has 51 heavy (non-hydrogen) atoms. The average Bonchev–Trinajstić information content (AvgIpc) is 3.50. The number of pyridine rings is 1. The van der Waals surface area contributed by atoms with Gasteiger partial charge in [0.1, 0.15) is 11.6 Å². The number of fused-ring (bicyclic) bond motifs is 3. The molecule has 2 aromatic heterocycles. The number of halogens is 1. The first-order valence-electron chi connectivity index (χ1n) is 17.3. The molecule has 0 aliphatic carbocycles. The van der Waals surface area contributed by atoms with E-state index in [-0.39, 0.29) is 35.3 Å². The van der Waals surface area contributed by atoms with Gasteiger partial charge in [-0.15, -0.1) is 11.3 Å². The molecular formula is C41H37FN4O4S. The van der Waals surface area contributed by atoms with Crippen LogP contribution in [0.1, 0.15) is 60.1 Å². The smallest absolute Gasteiger partial charge is 0.259 e. The normalized spacial score (nSPS) is 16.1. The van der Waals surface area contributed by atoms with Crippen molar-refractivity contribution in [1.82, 2.24) is 4.98 Å². The van der Waals surface area contributed by atoms with Crippen LogP contribution in [-0.2, 0) is 17.6 Å². The van der Waals surface area contributed by atoms with E-state index >= 15 is 0 Å². The van der Waals surface area contributed by atoms with Crippen LogP contribution in [0.3, 0.4) is 0 Å². The highest BCUT2D eigenvalue weighted by Crippen LogP contribution is 2.44. The third kappa shape index (κ3) is 6.45. The molecule has 0 saturated carbocycles. The monoisotopic (exact) mass is 700 g/mol. The lowest BCUT2D eigenvalue weighted by Gasteiger charge is -2.53. The minimum atomic E-state index is -0.387. The summed E-state index contributed by atoms with van der Waals surface area (Å²) in [5, 5.41) is 3.01. The number of nitrogens with zero attached hydrogens (tertiary/aromatic N) is 3. The molecule has 8 nitrogen and oxygen atoms in total. The van der Waals surface area contributed by atoms with Crippen LogP contribution in [0.25, 0.3) is 10.4 Å². The van der Waals surface area contributed by atoms with Gasteiger partial charge in [-0.2, -0.15) is 0 Å². The maximum Gasteiger partial charge on any atom is 0.259 e. The molecule has 0 bridgehead atoms. The average molecular weight is 701 g/mol. The Hall–Kier alpha value is -5.19. The van der Waals surface area contributed by atoms with Crippen molar-refractivity contribution in [3.63, 3.8) is 0 Å². The summed E-state index contributed by atoms with van der Waals surface area (Å²) in [4.78, 5) is 51.0. The summed E-state index contributed by atoms with van der Waals surface area (Å²) < 4.78 is 19.8. The second kappa shape index (κ2) is 13.5. The SMILES string of the molecule is Cc1ccc(C(=O)Nc2ccc(C(=O)N3CCc4cc(C(=O)Cc5ccccc5F)sc4-c4ccccc43)cc2)c(N2CC3(CCOCC3)C2)n1. The Balaban J connectivity index is 0.972. The van der Waals surface area contributed by atoms with E-state index in [0.717, 1.165) is 66.5 Å². The number of nitrogens with one attached hydrogen (secondary N) is 1. The van der Waals surface area contributed by atoms with Gasteiger partial charge < -0.3 is 19.9 Å². The molecule has 1 N–H and O–H groups in total. The number of aromatic nitrogens is 1. The molecule has 3 aliphatic rings. The Morgan fingerprint density at radius 1 is 0.941 bits per heavy atom. The van der Waals surface area contributed by atoms with Crippen molar-refractivity contribution >= 4 is 46.1 Å². The van der Waals surface area contributed by atoms with E-state index < -0.39 is 0 Å². The Bertz CT molecular complexity index is 2150. The van der Waals surface area contributed by atoms with Gasteiger partial charge >= 0.3 is 0 Å². The summed E-state index contributed by atoms with van der Waals surface area (Å²) in [6.45, 7) is 5.65. The van der Waals surface area contributed by atoms with Crippen molar-refractivity contribution in [1.29, 1.82) is 0 Å². The van der Waals surface area contributed by atoms with Crippen LogP contribution in [0.15, 0.2) is 91.0 Å². The van der Waals surface area contributed by atoms with Crippen molar-refractivity contribution in [2.75, 3.05) is 48.0 Å². The van der Waals surface area contributed by atoms with Crippen molar-refractivity contribution in [2.24, 2.45) is 5.41 Å². The van der Waals surface area contributed by atoms with Crippen LogP contribution < -0.4 is 15.1 Å². The molecule has 3 aliphatic heterocycles. The van der Waals surface area contributed by atoms with Gasteiger partial charge in [-0.3, -0.25) is 14.4 Å². The fourth-order valence-corrected chi connectivity index (χ4v) is 8.57. The number of anilines is 3. The summed E-state index contributed by atoms with van der Waals surface area (Å²) in [6.07, 6.45) is 2.61. The number of aryl methyl sites for hydroxylation is 1. The van der Waals surface area contributed by atoms with E-state index in [1.54, 1.807) is 47.4 Å². The Labute approximate surface area is 299 Å². The largest absolute Gasteiger partial charge is 0.381 e. The Morgan fingerprint density at radius 2 is 1.69 bits per heavy atom. The molecule has 2 amide bonds. The van der Waals surface area contributed by atoms with Gasteiger partial charge in [0.2, 0.25) is 0 Å². The number of amides is 2. The molecule has 5 heterocycles. The summed E-state index contributed by atoms with van der Waals surface area (Å²) in [6, 6.07) is 26.6. The number of carbonyl (C=O) groups is 3. The van der Waals surface area contributed by atoms with E-state index in [1.165, 1.54) is 17.4 Å². The standard InChI is InChI=1S/C41H37FN4O4S/c1-26-10-15-32(38(43-26)45-24-41(25-45)17-20-50-21-18-41)39(48)44-30-13-11-27(12-14-30)40(49)46-19-16-29-23-36(35(47)22-28-6-2-4-8-33(28)42)51-37(29)31-7-3-5-9-34(31)46/h2-15,23H,16-22,24-25H2,1H3,(H,44,48).